The Bertz CT molecular complexity index is 1530. The van der Waals surface area contributed by atoms with Crippen molar-refractivity contribution in [1.82, 2.24) is 4.90 Å². The number of carbonyl (C=O) groups excluding carboxylic acids is 2. The fourth-order valence-corrected chi connectivity index (χ4v) is 5.93. The number of nitrogens with zero attached hydrogens (tertiary/aromatic N) is 2. The number of likely N-dealkylation sites (tertiary alicyclic amines) is 1. The number of fused-ring (bicyclic) bond motifs is 2. The van der Waals surface area contributed by atoms with Crippen molar-refractivity contribution in [2.75, 3.05) is 24.5 Å². The molecule has 2 heterocycles. The van der Waals surface area contributed by atoms with Crippen LogP contribution < -0.4 is 4.90 Å². The van der Waals surface area contributed by atoms with Gasteiger partial charge in [0.1, 0.15) is 12.2 Å². The minimum absolute atomic E-state index is 0.185. The van der Waals surface area contributed by atoms with Gasteiger partial charge in [-0.05, 0) is 52.8 Å². The van der Waals surface area contributed by atoms with Crippen LogP contribution in [-0.4, -0.2) is 53.5 Å². The summed E-state index contributed by atoms with van der Waals surface area (Å²) in [5, 5.41) is 11.0. The van der Waals surface area contributed by atoms with E-state index in [0.29, 0.717) is 24.1 Å². The molecule has 0 spiro atoms. The summed E-state index contributed by atoms with van der Waals surface area (Å²) in [6, 6.07) is 16.2. The molecule has 0 bridgehead atoms. The van der Waals surface area contributed by atoms with Gasteiger partial charge in [0.25, 0.3) is 5.91 Å². The fourth-order valence-electron chi connectivity index (χ4n) is 5.93. The topological polar surface area (TPSA) is 87.2 Å². The van der Waals surface area contributed by atoms with Gasteiger partial charge in [0.15, 0.2) is 0 Å². The Morgan fingerprint density at radius 1 is 0.953 bits per heavy atom. The van der Waals surface area contributed by atoms with E-state index in [-0.39, 0.29) is 37.5 Å². The number of hydrogen-bond acceptors (Lipinski definition) is 4. The summed E-state index contributed by atoms with van der Waals surface area (Å²) in [7, 11) is 0. The number of halogens is 3. The van der Waals surface area contributed by atoms with Gasteiger partial charge in [-0.15, -0.1) is 0 Å². The summed E-state index contributed by atoms with van der Waals surface area (Å²) in [5.74, 6) is -2.31. The summed E-state index contributed by atoms with van der Waals surface area (Å²) < 4.78 is 48.5. The van der Waals surface area contributed by atoms with Crippen LogP contribution in [-0.2, 0) is 25.3 Å². The number of carboxylic acids is 1. The van der Waals surface area contributed by atoms with E-state index in [1.165, 1.54) is 15.9 Å². The number of aliphatic carboxylic acids is 1. The average Bonchev–Trinajstić information content (AvgIpc) is 3.06. The first-order chi connectivity index (χ1) is 20.2. The average molecular weight is 597 g/mol. The second-order valence-electron chi connectivity index (χ2n) is 12.5. The normalized spacial score (nSPS) is 20.2. The number of benzene rings is 3. The highest BCUT2D eigenvalue weighted by Crippen LogP contribution is 2.44. The van der Waals surface area contributed by atoms with Gasteiger partial charge in [-0.1, -0.05) is 63.2 Å². The molecule has 2 aliphatic rings. The maximum Gasteiger partial charge on any atom is 0.416 e. The van der Waals surface area contributed by atoms with Gasteiger partial charge in [0, 0.05) is 30.9 Å². The molecule has 2 atom stereocenters. The van der Waals surface area contributed by atoms with Crippen LogP contribution in [0, 0.1) is 11.3 Å². The monoisotopic (exact) mass is 596 g/mol. The van der Waals surface area contributed by atoms with Crippen molar-refractivity contribution < 1.29 is 37.4 Å². The smallest absolute Gasteiger partial charge is 0.416 e. The largest absolute Gasteiger partial charge is 0.481 e. The minimum Gasteiger partial charge on any atom is -0.481 e. The number of ether oxygens (including phenoxy) is 1. The van der Waals surface area contributed by atoms with Crippen LogP contribution in [0.25, 0.3) is 10.8 Å². The summed E-state index contributed by atoms with van der Waals surface area (Å²) >= 11 is 0. The maximum atomic E-state index is 14.2. The minimum atomic E-state index is -4.62. The maximum absolute atomic E-state index is 14.2. The van der Waals surface area contributed by atoms with Gasteiger partial charge in [0.05, 0.1) is 17.9 Å². The van der Waals surface area contributed by atoms with E-state index >= 15 is 0 Å². The number of amides is 2. The van der Waals surface area contributed by atoms with Crippen LogP contribution in [0.5, 0.6) is 0 Å². The van der Waals surface area contributed by atoms with Crippen molar-refractivity contribution in [2.24, 2.45) is 11.3 Å². The third-order valence-electron chi connectivity index (χ3n) is 8.07. The molecule has 0 radical (unpaired) electrons. The lowest BCUT2D eigenvalue weighted by Crippen LogP contribution is -2.47. The number of carbonyl (C=O) groups is 3. The van der Waals surface area contributed by atoms with E-state index in [1.54, 1.807) is 12.1 Å². The highest BCUT2D eigenvalue weighted by atomic mass is 19.4. The van der Waals surface area contributed by atoms with E-state index in [9.17, 15) is 32.7 Å². The molecular formula is C33H35F3N2O5. The molecule has 10 heteroatoms. The van der Waals surface area contributed by atoms with Gasteiger partial charge in [-0.2, -0.15) is 13.2 Å². The fraction of sp³-hybridized carbons (Fsp3) is 0.424. The zero-order valence-electron chi connectivity index (χ0n) is 24.4. The number of rotatable bonds is 5. The molecule has 2 aliphatic heterocycles. The summed E-state index contributed by atoms with van der Waals surface area (Å²) in [6.07, 6.45) is -6.69. The first-order valence-electron chi connectivity index (χ1n) is 14.4. The third-order valence-corrected chi connectivity index (χ3v) is 8.07. The van der Waals surface area contributed by atoms with E-state index in [2.05, 4.69) is 0 Å². The van der Waals surface area contributed by atoms with Gasteiger partial charge >= 0.3 is 12.1 Å². The second-order valence-corrected chi connectivity index (χ2v) is 12.5. The molecule has 5 rings (SSSR count). The van der Waals surface area contributed by atoms with Crippen LogP contribution in [0.3, 0.4) is 0 Å². The number of hydrogen-bond donors (Lipinski definition) is 1. The van der Waals surface area contributed by atoms with Crippen molar-refractivity contribution in [3.05, 3.63) is 77.4 Å². The molecule has 3 aromatic rings. The van der Waals surface area contributed by atoms with E-state index in [4.69, 9.17) is 4.74 Å². The molecule has 228 valence electrons. The van der Waals surface area contributed by atoms with Crippen LogP contribution in [0.15, 0.2) is 60.7 Å². The Morgan fingerprint density at radius 3 is 2.28 bits per heavy atom. The van der Waals surface area contributed by atoms with E-state index in [0.717, 1.165) is 22.9 Å². The number of alkyl halides is 3. The van der Waals surface area contributed by atoms with Gasteiger partial charge in [-0.3, -0.25) is 14.4 Å². The lowest BCUT2D eigenvalue weighted by atomic mass is 9.92. The van der Waals surface area contributed by atoms with Crippen LogP contribution in [0.4, 0.5) is 18.9 Å². The van der Waals surface area contributed by atoms with Gasteiger partial charge in [0.2, 0.25) is 5.91 Å². The lowest BCUT2D eigenvalue weighted by molar-refractivity contribution is -0.148. The standard InChI is InChI=1S/C33H35F3N2O5/c1-32(2,3)19-38-26-12-11-22(33(34,35)36)17-25(26)29(24-10-6-8-20-7-4-5-9-23(20)24)43-27(30(38)40)18-28(39)37-15-13-21(14-16-37)31(41)42/h4-12,17,21,27,29H,13-16,18-19H2,1-3H3,(H,41,42)/t27-,29-/m0/s1. The van der Waals surface area contributed by atoms with E-state index in [1.807, 2.05) is 51.1 Å². The predicted octanol–water partition coefficient (Wildman–Crippen LogP) is 6.44. The third kappa shape index (κ3) is 6.54. The molecule has 1 fully saturated rings. The second kappa shape index (κ2) is 11.6. The molecule has 0 aliphatic carbocycles. The lowest BCUT2D eigenvalue weighted by Gasteiger charge is -2.33. The Labute approximate surface area is 248 Å². The molecule has 3 aromatic carbocycles. The quantitative estimate of drug-likeness (QED) is 0.367. The van der Waals surface area contributed by atoms with Crippen LogP contribution >= 0.6 is 0 Å². The summed E-state index contributed by atoms with van der Waals surface area (Å²) in [5.41, 5.74) is -0.200. The molecule has 1 N–H and O–H groups in total. The number of anilines is 1. The van der Waals surface area contributed by atoms with Crippen molar-refractivity contribution in [3.63, 3.8) is 0 Å². The molecule has 43 heavy (non-hydrogen) atoms. The van der Waals surface area contributed by atoms with Crippen molar-refractivity contribution in [1.29, 1.82) is 0 Å². The molecule has 1 saturated heterocycles. The van der Waals surface area contributed by atoms with Crippen molar-refractivity contribution >= 4 is 34.2 Å². The Hall–Kier alpha value is -3.92. The van der Waals surface area contributed by atoms with Crippen LogP contribution in [0.1, 0.15) is 62.8 Å². The first kappa shape index (κ1) is 30.5. The molecular weight excluding hydrogens is 561 g/mol. The Morgan fingerprint density at radius 2 is 1.63 bits per heavy atom. The number of carboxylic acid groups (broad SMARTS) is 1. The Balaban J connectivity index is 1.61. The zero-order valence-corrected chi connectivity index (χ0v) is 24.4. The summed E-state index contributed by atoms with van der Waals surface area (Å²) in [4.78, 5) is 42.1. The highest BCUT2D eigenvalue weighted by molar-refractivity contribution is 6.00. The molecule has 7 nitrogen and oxygen atoms in total. The zero-order chi connectivity index (χ0) is 31.1. The highest BCUT2D eigenvalue weighted by Gasteiger charge is 2.42. The van der Waals surface area contributed by atoms with Crippen molar-refractivity contribution in [2.45, 2.75) is 58.4 Å². The summed E-state index contributed by atoms with van der Waals surface area (Å²) in [6.45, 7) is 6.43. The van der Waals surface area contributed by atoms with Gasteiger partial charge in [-0.25, -0.2) is 0 Å². The van der Waals surface area contributed by atoms with Crippen molar-refractivity contribution in [3.8, 4) is 0 Å². The molecule has 0 unspecified atom stereocenters. The van der Waals surface area contributed by atoms with Gasteiger partial charge < -0.3 is 19.6 Å². The predicted molar refractivity (Wildman–Crippen MR) is 155 cm³/mol. The SMILES string of the molecule is CC(C)(C)CN1C(=O)[C@H](CC(=O)N2CCC(C(=O)O)CC2)O[C@@H](c2cccc3ccccc23)c2cc(C(F)(F)F)ccc21. The molecule has 2 amide bonds. The van der Waals surface area contributed by atoms with E-state index < -0.39 is 47.2 Å². The Kier molecular flexibility index (Phi) is 8.26. The molecule has 0 aromatic heterocycles. The first-order valence-corrected chi connectivity index (χ1v) is 14.4. The van der Waals surface area contributed by atoms with Crippen LogP contribution in [0.2, 0.25) is 0 Å². The molecule has 0 saturated carbocycles. The number of piperidine rings is 1.